The molecule has 8 aromatic rings. The summed E-state index contributed by atoms with van der Waals surface area (Å²) in [6.07, 6.45) is 0. The molecule has 0 aliphatic heterocycles. The molecule has 0 saturated heterocycles. The number of nitrogens with zero attached hydrogens (tertiary/aromatic N) is 5. The van der Waals surface area contributed by atoms with Crippen LogP contribution in [0, 0.1) is 12.7 Å². The van der Waals surface area contributed by atoms with Gasteiger partial charge in [0.25, 0.3) is 0 Å². The Labute approximate surface area is 228 Å². The summed E-state index contributed by atoms with van der Waals surface area (Å²) >= 11 is 0. The van der Waals surface area contributed by atoms with Crippen LogP contribution >= 0.6 is 0 Å². The first-order chi connectivity index (χ1) is 19.7. The molecule has 0 aliphatic carbocycles. The number of benzene rings is 5. The van der Waals surface area contributed by atoms with E-state index in [2.05, 4.69) is 57.7 Å². The highest BCUT2D eigenvalue weighted by Crippen LogP contribution is 2.34. The number of halogens is 1. The highest BCUT2D eigenvalue weighted by atomic mass is 19.1. The third kappa shape index (κ3) is 3.29. The lowest BCUT2D eigenvalue weighted by molar-refractivity contribution is 0.618. The Kier molecular flexibility index (Phi) is 4.85. The van der Waals surface area contributed by atoms with Crippen molar-refractivity contribution in [3.05, 3.63) is 127 Å². The fourth-order valence-electron chi connectivity index (χ4n) is 5.74. The minimum absolute atomic E-state index is 0.261. The summed E-state index contributed by atoms with van der Waals surface area (Å²) in [6, 6.07) is 38.1. The average molecular weight is 520 g/mol. The number of para-hydroxylation sites is 4. The van der Waals surface area contributed by atoms with E-state index in [1.807, 2.05) is 48.5 Å². The number of rotatable bonds is 3. The molecule has 0 aliphatic rings. The molecule has 0 saturated carbocycles. The molecule has 0 amide bonds. The van der Waals surface area contributed by atoms with Crippen LogP contribution in [0.4, 0.5) is 4.39 Å². The molecule has 0 radical (unpaired) electrons. The first-order valence-electron chi connectivity index (χ1n) is 13.2. The van der Waals surface area contributed by atoms with Gasteiger partial charge in [0.05, 0.1) is 22.1 Å². The molecule has 0 fully saturated rings. The van der Waals surface area contributed by atoms with E-state index in [1.54, 1.807) is 19.1 Å². The van der Waals surface area contributed by atoms with E-state index >= 15 is 0 Å². The largest absolute Gasteiger partial charge is 0.278 e. The first-order valence-corrected chi connectivity index (χ1v) is 13.2. The van der Waals surface area contributed by atoms with Crippen LogP contribution in [0.5, 0.6) is 0 Å². The van der Waals surface area contributed by atoms with Gasteiger partial charge in [-0.3, -0.25) is 9.13 Å². The molecule has 190 valence electrons. The summed E-state index contributed by atoms with van der Waals surface area (Å²) < 4.78 is 18.4. The average Bonchev–Trinajstić information content (AvgIpc) is 3.52. The smallest absolute Gasteiger partial charge is 0.240 e. The van der Waals surface area contributed by atoms with Crippen molar-refractivity contribution in [2.24, 2.45) is 0 Å². The van der Waals surface area contributed by atoms with Gasteiger partial charge in [-0.1, -0.05) is 72.8 Å². The summed E-state index contributed by atoms with van der Waals surface area (Å²) in [6.45, 7) is 1.75. The number of aryl methyl sites for hydroxylation is 1. The maximum atomic E-state index is 14.3. The molecule has 5 nitrogen and oxygen atoms in total. The molecular formula is C34H22FN5. The molecule has 0 N–H and O–H groups in total. The second-order valence-corrected chi connectivity index (χ2v) is 9.96. The zero-order valence-electron chi connectivity index (χ0n) is 21.6. The van der Waals surface area contributed by atoms with Crippen LogP contribution in [0.15, 0.2) is 115 Å². The molecule has 3 heterocycles. The third-order valence-electron chi connectivity index (χ3n) is 7.59. The number of aromatic nitrogens is 5. The summed E-state index contributed by atoms with van der Waals surface area (Å²) in [5.74, 6) is 1.22. The van der Waals surface area contributed by atoms with Gasteiger partial charge in [-0.25, -0.2) is 4.39 Å². The SMILES string of the molecule is Cc1cc(-c2nc(-n3c4ccccc4c4ccccc43)nc(-n3c4ccccc4c4ccccc43)n2)ccc1F. The quantitative estimate of drug-likeness (QED) is 0.236. The molecule has 0 unspecified atom stereocenters. The van der Waals surface area contributed by atoms with Crippen molar-refractivity contribution < 1.29 is 4.39 Å². The van der Waals surface area contributed by atoms with Crippen molar-refractivity contribution in [1.29, 1.82) is 0 Å². The minimum Gasteiger partial charge on any atom is -0.278 e. The molecule has 0 bridgehead atoms. The third-order valence-corrected chi connectivity index (χ3v) is 7.59. The van der Waals surface area contributed by atoms with Crippen LogP contribution < -0.4 is 0 Å². The van der Waals surface area contributed by atoms with Crippen molar-refractivity contribution in [2.75, 3.05) is 0 Å². The van der Waals surface area contributed by atoms with Crippen LogP contribution in [0.25, 0.3) is 66.9 Å². The zero-order valence-corrected chi connectivity index (χ0v) is 21.6. The maximum absolute atomic E-state index is 14.3. The number of hydrogen-bond donors (Lipinski definition) is 0. The van der Waals surface area contributed by atoms with E-state index in [9.17, 15) is 4.39 Å². The van der Waals surface area contributed by atoms with Gasteiger partial charge < -0.3 is 0 Å². The Bertz CT molecular complexity index is 2020. The lowest BCUT2D eigenvalue weighted by Gasteiger charge is -2.13. The lowest BCUT2D eigenvalue weighted by Crippen LogP contribution is -2.10. The van der Waals surface area contributed by atoms with E-state index in [4.69, 9.17) is 15.0 Å². The molecule has 3 aromatic heterocycles. The highest BCUT2D eigenvalue weighted by Gasteiger charge is 2.20. The minimum atomic E-state index is -0.261. The summed E-state index contributed by atoms with van der Waals surface area (Å²) in [5.41, 5.74) is 5.28. The molecular weight excluding hydrogens is 497 g/mol. The van der Waals surface area contributed by atoms with Gasteiger partial charge in [-0.2, -0.15) is 15.0 Å². The van der Waals surface area contributed by atoms with Crippen LogP contribution in [-0.4, -0.2) is 24.1 Å². The monoisotopic (exact) mass is 519 g/mol. The summed E-state index contributed by atoms with van der Waals surface area (Å²) in [7, 11) is 0. The van der Waals surface area contributed by atoms with Gasteiger partial charge in [0, 0.05) is 27.1 Å². The van der Waals surface area contributed by atoms with Crippen molar-refractivity contribution in [2.45, 2.75) is 6.92 Å². The predicted octanol–water partition coefficient (Wildman–Crippen LogP) is 8.18. The second-order valence-electron chi connectivity index (χ2n) is 9.96. The predicted molar refractivity (Wildman–Crippen MR) is 159 cm³/mol. The van der Waals surface area contributed by atoms with Crippen molar-refractivity contribution in [1.82, 2.24) is 24.1 Å². The number of hydrogen-bond acceptors (Lipinski definition) is 3. The Hall–Kier alpha value is -5.36. The van der Waals surface area contributed by atoms with Gasteiger partial charge in [-0.15, -0.1) is 0 Å². The molecule has 8 rings (SSSR count). The van der Waals surface area contributed by atoms with E-state index < -0.39 is 0 Å². The van der Waals surface area contributed by atoms with Crippen molar-refractivity contribution >= 4 is 43.6 Å². The lowest BCUT2D eigenvalue weighted by atomic mass is 10.1. The van der Waals surface area contributed by atoms with Gasteiger partial charge in [0.2, 0.25) is 11.9 Å². The Morgan fingerprint density at radius 3 is 1.30 bits per heavy atom. The highest BCUT2D eigenvalue weighted by molar-refractivity contribution is 6.10. The Balaban J connectivity index is 1.50. The van der Waals surface area contributed by atoms with E-state index in [-0.39, 0.29) is 5.82 Å². The summed E-state index contributed by atoms with van der Waals surface area (Å²) in [5, 5.41) is 4.49. The van der Waals surface area contributed by atoms with E-state index in [0.29, 0.717) is 23.3 Å². The molecule has 40 heavy (non-hydrogen) atoms. The second kappa shape index (κ2) is 8.58. The van der Waals surface area contributed by atoms with E-state index in [0.717, 1.165) is 49.2 Å². The van der Waals surface area contributed by atoms with Crippen molar-refractivity contribution in [3.8, 4) is 23.3 Å². The number of fused-ring (bicyclic) bond motifs is 6. The zero-order chi connectivity index (χ0) is 26.8. The normalized spacial score (nSPS) is 11.8. The molecule has 0 atom stereocenters. The fraction of sp³-hybridized carbons (Fsp3) is 0.0294. The molecule has 6 heteroatoms. The standard InChI is InChI=1S/C34H22FN5/c1-21-20-22(18-19-27(21)35)32-36-33(39-28-14-6-2-10-23(28)24-11-3-7-15-29(24)39)38-34(37-32)40-30-16-8-4-12-25(30)26-13-5-9-17-31(26)40/h2-20H,1H3. The Morgan fingerprint density at radius 2 is 0.900 bits per heavy atom. The van der Waals surface area contributed by atoms with Gasteiger partial charge in [-0.05, 0) is 55.0 Å². The van der Waals surface area contributed by atoms with Crippen LogP contribution in [0.3, 0.4) is 0 Å². The van der Waals surface area contributed by atoms with Crippen LogP contribution in [0.2, 0.25) is 0 Å². The van der Waals surface area contributed by atoms with Gasteiger partial charge >= 0.3 is 0 Å². The molecule has 0 spiro atoms. The topological polar surface area (TPSA) is 48.5 Å². The Morgan fingerprint density at radius 1 is 0.500 bits per heavy atom. The van der Waals surface area contributed by atoms with Crippen LogP contribution in [0.1, 0.15) is 5.56 Å². The van der Waals surface area contributed by atoms with Crippen molar-refractivity contribution in [3.63, 3.8) is 0 Å². The molecule has 5 aromatic carbocycles. The first kappa shape index (κ1) is 22.6. The summed E-state index contributed by atoms with van der Waals surface area (Å²) in [4.78, 5) is 15.1. The van der Waals surface area contributed by atoms with Gasteiger partial charge in [0.1, 0.15) is 5.82 Å². The van der Waals surface area contributed by atoms with E-state index in [1.165, 1.54) is 6.07 Å². The van der Waals surface area contributed by atoms with Gasteiger partial charge in [0.15, 0.2) is 5.82 Å². The fourth-order valence-corrected chi connectivity index (χ4v) is 5.74. The van der Waals surface area contributed by atoms with Crippen LogP contribution in [-0.2, 0) is 0 Å². The maximum Gasteiger partial charge on any atom is 0.240 e.